The zero-order chi connectivity index (χ0) is 30.0. The van der Waals surface area contributed by atoms with Crippen LogP contribution in [0, 0.1) is 0 Å². The summed E-state index contributed by atoms with van der Waals surface area (Å²) < 4.78 is 0. The molecule has 7 rings (SSSR count). The van der Waals surface area contributed by atoms with E-state index in [1.54, 1.807) is 4.90 Å². The summed E-state index contributed by atoms with van der Waals surface area (Å²) in [5.41, 5.74) is 7.04. The summed E-state index contributed by atoms with van der Waals surface area (Å²) in [5, 5.41) is 2.38. The maximum Gasteiger partial charge on any atom is 0.255 e. The van der Waals surface area contributed by atoms with Crippen molar-refractivity contribution < 1.29 is 14.4 Å². The number of fused-ring (bicyclic) bond motifs is 1. The Balaban J connectivity index is 0.880. The highest BCUT2D eigenvalue weighted by Crippen LogP contribution is 2.34. The highest BCUT2D eigenvalue weighted by molar-refractivity contribution is 6.05. The van der Waals surface area contributed by atoms with Crippen molar-refractivity contribution in [2.24, 2.45) is 0 Å². The van der Waals surface area contributed by atoms with E-state index in [1.807, 2.05) is 6.07 Å². The van der Waals surface area contributed by atoms with Crippen LogP contribution in [0.1, 0.15) is 64.2 Å². The number of likely N-dealkylation sites (tertiary alicyclic amines) is 1. The molecule has 3 fully saturated rings. The Morgan fingerprint density at radius 3 is 2.02 bits per heavy atom. The Hall–Kier alpha value is -4.01. The first kappa shape index (κ1) is 28.7. The van der Waals surface area contributed by atoms with Gasteiger partial charge in [0.15, 0.2) is 0 Å². The van der Waals surface area contributed by atoms with E-state index < -0.39 is 6.04 Å². The van der Waals surface area contributed by atoms with E-state index in [4.69, 9.17) is 0 Å². The molecule has 0 radical (unpaired) electrons. The lowest BCUT2D eigenvalue weighted by Gasteiger charge is -2.36. The Morgan fingerprint density at radius 1 is 0.705 bits per heavy atom. The quantitative estimate of drug-likeness (QED) is 0.416. The van der Waals surface area contributed by atoms with Gasteiger partial charge in [-0.15, -0.1) is 0 Å². The zero-order valence-electron chi connectivity index (χ0n) is 25.3. The highest BCUT2D eigenvalue weighted by atomic mass is 16.2. The third kappa shape index (κ3) is 6.14. The summed E-state index contributed by atoms with van der Waals surface area (Å²) in [5.74, 6) is -0.249. The summed E-state index contributed by atoms with van der Waals surface area (Å²) in [6.07, 6.45) is 2.86. The molecule has 44 heavy (non-hydrogen) atoms. The van der Waals surface area contributed by atoms with Gasteiger partial charge in [0.25, 0.3) is 5.91 Å². The second-order valence-corrected chi connectivity index (χ2v) is 12.8. The third-order valence-corrected chi connectivity index (χ3v) is 9.94. The molecule has 0 saturated carbocycles. The molecule has 4 aliphatic heterocycles. The molecule has 0 bridgehead atoms. The number of benzene rings is 3. The van der Waals surface area contributed by atoms with Gasteiger partial charge in [-0.1, -0.05) is 54.6 Å². The molecule has 0 aromatic heterocycles. The van der Waals surface area contributed by atoms with Crippen LogP contribution in [0.5, 0.6) is 0 Å². The largest absolute Gasteiger partial charge is 0.369 e. The number of hydrogen-bond donors (Lipinski definition) is 1. The third-order valence-electron chi connectivity index (χ3n) is 9.94. The zero-order valence-corrected chi connectivity index (χ0v) is 25.3. The van der Waals surface area contributed by atoms with Gasteiger partial charge in [-0.05, 0) is 78.7 Å². The number of imide groups is 1. The van der Waals surface area contributed by atoms with Crippen molar-refractivity contribution in [3.8, 4) is 0 Å². The maximum absolute atomic E-state index is 13.1. The molecule has 3 amide bonds. The fourth-order valence-electron chi connectivity index (χ4n) is 7.34. The molecule has 1 unspecified atom stereocenters. The van der Waals surface area contributed by atoms with Gasteiger partial charge in [0.1, 0.15) is 6.04 Å². The first-order valence-corrected chi connectivity index (χ1v) is 16.1. The average molecular weight is 592 g/mol. The van der Waals surface area contributed by atoms with Crippen LogP contribution in [0.25, 0.3) is 0 Å². The molecule has 3 aromatic carbocycles. The molecule has 4 heterocycles. The minimum Gasteiger partial charge on any atom is -0.369 e. The standard InChI is InChI=1S/C36H41N5O3/c42-34-13-12-33(35(43)37-34)41-25-30-22-29(10-11-32(30)36(41)44)28-14-16-38(17-15-28)23-26-6-8-27(9-7-26)24-39-18-20-40(21-19-39)31-4-2-1-3-5-31/h1-11,22,28,33H,12-21,23-25H2,(H,37,42,43). The Kier molecular flexibility index (Phi) is 8.19. The van der Waals surface area contributed by atoms with Gasteiger partial charge in [-0.3, -0.25) is 29.5 Å². The van der Waals surface area contributed by atoms with Crippen LogP contribution in [-0.2, 0) is 29.2 Å². The minimum atomic E-state index is -0.566. The fraction of sp³-hybridized carbons (Fsp3) is 0.417. The van der Waals surface area contributed by atoms with Gasteiger partial charge in [-0.2, -0.15) is 0 Å². The van der Waals surface area contributed by atoms with Gasteiger partial charge in [0.2, 0.25) is 11.8 Å². The molecule has 3 aromatic rings. The highest BCUT2D eigenvalue weighted by Gasteiger charge is 2.39. The number of nitrogens with one attached hydrogen (secondary N) is 1. The van der Waals surface area contributed by atoms with Gasteiger partial charge >= 0.3 is 0 Å². The van der Waals surface area contributed by atoms with Crippen molar-refractivity contribution in [3.63, 3.8) is 0 Å². The van der Waals surface area contributed by atoms with E-state index in [1.165, 1.54) is 22.4 Å². The number of anilines is 1. The fourth-order valence-corrected chi connectivity index (χ4v) is 7.34. The summed E-state index contributed by atoms with van der Waals surface area (Å²) >= 11 is 0. The predicted octanol–water partition coefficient (Wildman–Crippen LogP) is 4.15. The van der Waals surface area contributed by atoms with Crippen LogP contribution in [0.2, 0.25) is 0 Å². The van der Waals surface area contributed by atoms with Gasteiger partial charge < -0.3 is 9.80 Å². The van der Waals surface area contributed by atoms with Crippen LogP contribution in [-0.4, -0.2) is 77.7 Å². The van der Waals surface area contributed by atoms with Crippen LogP contribution in [0.15, 0.2) is 72.8 Å². The Labute approximate surface area is 259 Å². The van der Waals surface area contributed by atoms with Gasteiger partial charge in [0.05, 0.1) is 0 Å². The number of carbonyl (C=O) groups excluding carboxylic acids is 3. The summed E-state index contributed by atoms with van der Waals surface area (Å²) in [6, 6.07) is 25.6. The Morgan fingerprint density at radius 2 is 1.36 bits per heavy atom. The summed E-state index contributed by atoms with van der Waals surface area (Å²) in [7, 11) is 0. The molecule has 1 atom stereocenters. The number of para-hydroxylation sites is 1. The molecule has 0 spiro atoms. The smallest absolute Gasteiger partial charge is 0.255 e. The minimum absolute atomic E-state index is 0.104. The number of piperidine rings is 2. The van der Waals surface area contributed by atoms with E-state index in [-0.39, 0.29) is 24.1 Å². The van der Waals surface area contributed by atoms with Crippen molar-refractivity contribution in [1.82, 2.24) is 20.0 Å². The number of amides is 3. The van der Waals surface area contributed by atoms with Crippen LogP contribution in [0.4, 0.5) is 5.69 Å². The van der Waals surface area contributed by atoms with Gasteiger partial charge in [-0.25, -0.2) is 0 Å². The normalized spacial score (nSPS) is 21.9. The number of nitrogens with zero attached hydrogens (tertiary/aromatic N) is 4. The lowest BCUT2D eigenvalue weighted by Crippen LogP contribution is -2.52. The van der Waals surface area contributed by atoms with Crippen molar-refractivity contribution in [1.29, 1.82) is 0 Å². The molecule has 8 heteroatoms. The average Bonchev–Trinajstić information content (AvgIpc) is 3.38. The number of hydrogen-bond acceptors (Lipinski definition) is 6. The van der Waals surface area contributed by atoms with Crippen molar-refractivity contribution in [2.75, 3.05) is 44.2 Å². The van der Waals surface area contributed by atoms with E-state index in [0.29, 0.717) is 24.4 Å². The Bertz CT molecular complexity index is 1510. The first-order valence-electron chi connectivity index (χ1n) is 16.1. The summed E-state index contributed by atoms with van der Waals surface area (Å²) in [6.45, 7) is 8.84. The van der Waals surface area contributed by atoms with Crippen LogP contribution in [0.3, 0.4) is 0 Å². The van der Waals surface area contributed by atoms with E-state index >= 15 is 0 Å². The number of piperazine rings is 1. The predicted molar refractivity (Wildman–Crippen MR) is 170 cm³/mol. The molecule has 0 aliphatic carbocycles. The van der Waals surface area contributed by atoms with E-state index in [2.05, 4.69) is 86.7 Å². The van der Waals surface area contributed by atoms with E-state index in [9.17, 15) is 14.4 Å². The number of carbonyl (C=O) groups is 3. The molecule has 8 nitrogen and oxygen atoms in total. The lowest BCUT2D eigenvalue weighted by atomic mass is 9.87. The topological polar surface area (TPSA) is 76.2 Å². The number of rotatable bonds is 7. The molecule has 228 valence electrons. The molecule has 4 aliphatic rings. The molecule has 1 N–H and O–H groups in total. The van der Waals surface area contributed by atoms with E-state index in [0.717, 1.165) is 70.8 Å². The SMILES string of the molecule is O=C1CCC(N2Cc3cc(C4CCN(Cc5ccc(CN6CCN(c7ccccc7)CC6)cc5)CC4)ccc3C2=O)C(=O)N1. The summed E-state index contributed by atoms with van der Waals surface area (Å²) in [4.78, 5) is 46.2. The van der Waals surface area contributed by atoms with Gasteiger partial charge in [0, 0.05) is 63.5 Å². The second kappa shape index (κ2) is 12.5. The molecular weight excluding hydrogens is 550 g/mol. The van der Waals surface area contributed by atoms with Crippen LogP contribution >= 0.6 is 0 Å². The first-order chi connectivity index (χ1) is 21.5. The molecular formula is C36H41N5O3. The lowest BCUT2D eigenvalue weighted by molar-refractivity contribution is -0.136. The second-order valence-electron chi connectivity index (χ2n) is 12.8. The monoisotopic (exact) mass is 591 g/mol. The molecule has 3 saturated heterocycles. The van der Waals surface area contributed by atoms with Crippen molar-refractivity contribution in [2.45, 2.75) is 57.3 Å². The van der Waals surface area contributed by atoms with Crippen molar-refractivity contribution >= 4 is 23.4 Å². The van der Waals surface area contributed by atoms with Crippen molar-refractivity contribution in [3.05, 3.63) is 101 Å². The van der Waals surface area contributed by atoms with Crippen LogP contribution < -0.4 is 10.2 Å². The maximum atomic E-state index is 13.1.